The largest absolute Gasteiger partial charge is 0.395 e. The number of hydrogen-bond donors (Lipinski definition) is 3. The first-order valence-corrected chi connectivity index (χ1v) is 9.27. The molecule has 3 rings (SSSR count). The summed E-state index contributed by atoms with van der Waals surface area (Å²) in [5.41, 5.74) is 8.24. The molecule has 8 heteroatoms. The van der Waals surface area contributed by atoms with Gasteiger partial charge in [-0.3, -0.25) is 9.59 Å². The van der Waals surface area contributed by atoms with Gasteiger partial charge in [0.15, 0.2) is 11.5 Å². The fraction of sp³-hybridized carbons (Fsp3) is 0.238. The van der Waals surface area contributed by atoms with Gasteiger partial charge in [0, 0.05) is 36.0 Å². The van der Waals surface area contributed by atoms with Crippen molar-refractivity contribution >= 4 is 11.7 Å². The van der Waals surface area contributed by atoms with Gasteiger partial charge in [-0.15, -0.1) is 0 Å². The topological polar surface area (TPSA) is 123 Å². The Kier molecular flexibility index (Phi) is 6.04. The van der Waals surface area contributed by atoms with Crippen LogP contribution in [0.3, 0.4) is 0 Å². The number of nitrogens with one attached hydrogen (secondary N) is 1. The molecular formula is C21H23N5O3. The first kappa shape index (κ1) is 20.2. The van der Waals surface area contributed by atoms with Gasteiger partial charge < -0.3 is 20.7 Å². The van der Waals surface area contributed by atoms with Gasteiger partial charge in [0.25, 0.3) is 11.5 Å². The lowest BCUT2D eigenvalue weighted by Crippen LogP contribution is -2.28. The monoisotopic (exact) mass is 393 g/mol. The SMILES string of the molecule is CC(C)n1cc(-c2nc(C(=O)NCCO)c(N)nc2-c2ccccc2)ccc1=O. The van der Waals surface area contributed by atoms with Crippen molar-refractivity contribution in [2.45, 2.75) is 19.9 Å². The van der Waals surface area contributed by atoms with Crippen LogP contribution >= 0.6 is 0 Å². The number of aliphatic hydroxyl groups excluding tert-OH is 1. The minimum atomic E-state index is -0.526. The summed E-state index contributed by atoms with van der Waals surface area (Å²) in [6.07, 6.45) is 1.70. The van der Waals surface area contributed by atoms with Gasteiger partial charge in [-0.1, -0.05) is 30.3 Å². The fourth-order valence-corrected chi connectivity index (χ4v) is 2.91. The number of nitrogens with zero attached hydrogens (tertiary/aromatic N) is 3. The predicted molar refractivity (Wildman–Crippen MR) is 111 cm³/mol. The number of rotatable bonds is 6. The van der Waals surface area contributed by atoms with E-state index in [1.165, 1.54) is 6.07 Å². The zero-order chi connectivity index (χ0) is 21.0. The highest BCUT2D eigenvalue weighted by atomic mass is 16.3. The number of aromatic nitrogens is 3. The molecule has 1 aromatic carbocycles. The van der Waals surface area contributed by atoms with E-state index in [1.54, 1.807) is 16.8 Å². The molecule has 0 aliphatic rings. The number of benzene rings is 1. The van der Waals surface area contributed by atoms with Gasteiger partial charge in [0.05, 0.1) is 18.0 Å². The molecule has 0 atom stereocenters. The smallest absolute Gasteiger partial charge is 0.273 e. The van der Waals surface area contributed by atoms with Crippen molar-refractivity contribution in [1.29, 1.82) is 0 Å². The predicted octanol–water partition coefficient (Wildman–Crippen LogP) is 1.86. The molecule has 0 fully saturated rings. The molecule has 0 aliphatic carbocycles. The zero-order valence-electron chi connectivity index (χ0n) is 16.3. The Labute approximate surface area is 168 Å². The van der Waals surface area contributed by atoms with E-state index in [0.29, 0.717) is 17.0 Å². The average Bonchev–Trinajstić information content (AvgIpc) is 2.72. The molecule has 2 aromatic heterocycles. The molecule has 0 saturated heterocycles. The number of carbonyl (C=O) groups is 1. The lowest BCUT2D eigenvalue weighted by molar-refractivity contribution is 0.0940. The van der Waals surface area contributed by atoms with Crippen molar-refractivity contribution in [3.8, 4) is 22.5 Å². The molecule has 0 unspecified atom stereocenters. The molecular weight excluding hydrogens is 370 g/mol. The van der Waals surface area contributed by atoms with Crippen molar-refractivity contribution in [1.82, 2.24) is 19.9 Å². The van der Waals surface area contributed by atoms with Gasteiger partial charge in [-0.2, -0.15) is 0 Å². The summed E-state index contributed by atoms with van der Waals surface area (Å²) in [4.78, 5) is 33.5. The molecule has 0 radical (unpaired) electrons. The fourth-order valence-electron chi connectivity index (χ4n) is 2.91. The number of nitrogen functional groups attached to an aromatic ring is 1. The molecule has 0 spiro atoms. The Balaban J connectivity index is 2.23. The molecule has 8 nitrogen and oxygen atoms in total. The Bertz CT molecular complexity index is 1080. The zero-order valence-corrected chi connectivity index (χ0v) is 16.3. The third-order valence-electron chi connectivity index (χ3n) is 4.35. The van der Waals surface area contributed by atoms with Crippen LogP contribution in [0.25, 0.3) is 22.5 Å². The summed E-state index contributed by atoms with van der Waals surface area (Å²) >= 11 is 0. The number of hydrogen-bond acceptors (Lipinski definition) is 6. The maximum Gasteiger partial charge on any atom is 0.273 e. The minimum Gasteiger partial charge on any atom is -0.395 e. The Morgan fingerprint density at radius 3 is 2.45 bits per heavy atom. The van der Waals surface area contributed by atoms with E-state index in [1.807, 2.05) is 44.2 Å². The Hall–Kier alpha value is -3.52. The highest BCUT2D eigenvalue weighted by molar-refractivity contribution is 5.98. The van der Waals surface area contributed by atoms with E-state index < -0.39 is 5.91 Å². The normalized spacial score (nSPS) is 10.9. The van der Waals surface area contributed by atoms with Gasteiger partial charge in [-0.05, 0) is 19.9 Å². The van der Waals surface area contributed by atoms with Crippen LogP contribution < -0.4 is 16.6 Å². The van der Waals surface area contributed by atoms with Crippen LogP contribution in [-0.2, 0) is 0 Å². The molecule has 0 saturated carbocycles. The third kappa shape index (κ3) is 4.33. The van der Waals surface area contributed by atoms with E-state index in [-0.39, 0.29) is 36.3 Å². The highest BCUT2D eigenvalue weighted by Crippen LogP contribution is 2.30. The van der Waals surface area contributed by atoms with Crippen molar-refractivity contribution in [2.24, 2.45) is 0 Å². The lowest BCUT2D eigenvalue weighted by Gasteiger charge is -2.15. The van der Waals surface area contributed by atoms with Crippen molar-refractivity contribution in [2.75, 3.05) is 18.9 Å². The highest BCUT2D eigenvalue weighted by Gasteiger charge is 2.20. The third-order valence-corrected chi connectivity index (χ3v) is 4.35. The van der Waals surface area contributed by atoms with Crippen LogP contribution in [0.15, 0.2) is 53.5 Å². The summed E-state index contributed by atoms with van der Waals surface area (Å²) in [6, 6.07) is 12.4. The van der Waals surface area contributed by atoms with E-state index in [0.717, 1.165) is 5.56 Å². The molecule has 1 amide bonds. The average molecular weight is 393 g/mol. The molecule has 3 aromatic rings. The van der Waals surface area contributed by atoms with Crippen LogP contribution in [0, 0.1) is 0 Å². The van der Waals surface area contributed by atoms with Gasteiger partial charge in [0.1, 0.15) is 0 Å². The molecule has 0 aliphatic heterocycles. The van der Waals surface area contributed by atoms with E-state index in [4.69, 9.17) is 10.8 Å². The molecule has 2 heterocycles. The second-order valence-electron chi connectivity index (χ2n) is 6.76. The van der Waals surface area contributed by atoms with Gasteiger partial charge >= 0.3 is 0 Å². The summed E-state index contributed by atoms with van der Waals surface area (Å²) in [7, 11) is 0. The van der Waals surface area contributed by atoms with E-state index in [2.05, 4.69) is 15.3 Å². The number of carbonyl (C=O) groups excluding carboxylic acids is 1. The van der Waals surface area contributed by atoms with Crippen LogP contribution in [0.5, 0.6) is 0 Å². The summed E-state index contributed by atoms with van der Waals surface area (Å²) in [5.74, 6) is -0.540. The van der Waals surface area contributed by atoms with Crippen molar-refractivity contribution in [3.05, 3.63) is 64.7 Å². The lowest BCUT2D eigenvalue weighted by atomic mass is 10.0. The van der Waals surface area contributed by atoms with Crippen LogP contribution in [0.1, 0.15) is 30.4 Å². The minimum absolute atomic E-state index is 0.0137. The second-order valence-corrected chi connectivity index (χ2v) is 6.76. The standard InChI is InChI=1S/C21H23N5O3/c1-13(2)26-12-15(8-9-16(26)28)18-17(14-6-4-3-5-7-14)25-20(22)19(24-18)21(29)23-10-11-27/h3-9,12-13,27H,10-11H2,1-2H3,(H2,22,25)(H,23,29). The molecule has 4 N–H and O–H groups in total. The first-order chi connectivity index (χ1) is 13.9. The summed E-state index contributed by atoms with van der Waals surface area (Å²) < 4.78 is 1.59. The summed E-state index contributed by atoms with van der Waals surface area (Å²) in [5, 5.41) is 11.5. The van der Waals surface area contributed by atoms with Crippen LogP contribution in [-0.4, -0.2) is 38.7 Å². The Morgan fingerprint density at radius 1 is 1.10 bits per heavy atom. The maximum absolute atomic E-state index is 12.4. The van der Waals surface area contributed by atoms with Crippen molar-refractivity contribution in [3.63, 3.8) is 0 Å². The van der Waals surface area contributed by atoms with E-state index >= 15 is 0 Å². The Morgan fingerprint density at radius 2 is 1.79 bits per heavy atom. The molecule has 0 bridgehead atoms. The van der Waals surface area contributed by atoms with Gasteiger partial charge in [-0.25, -0.2) is 9.97 Å². The molecule has 29 heavy (non-hydrogen) atoms. The maximum atomic E-state index is 12.4. The van der Waals surface area contributed by atoms with Crippen molar-refractivity contribution < 1.29 is 9.90 Å². The number of amides is 1. The number of nitrogens with two attached hydrogens (primary N) is 1. The number of aliphatic hydroxyl groups is 1. The second kappa shape index (κ2) is 8.66. The van der Waals surface area contributed by atoms with Gasteiger partial charge in [0.2, 0.25) is 0 Å². The van der Waals surface area contributed by atoms with E-state index in [9.17, 15) is 9.59 Å². The number of anilines is 1. The first-order valence-electron chi connectivity index (χ1n) is 9.27. The molecule has 150 valence electrons. The summed E-state index contributed by atoms with van der Waals surface area (Å²) in [6.45, 7) is 3.69. The number of pyridine rings is 1. The van der Waals surface area contributed by atoms with Crippen LogP contribution in [0.4, 0.5) is 5.82 Å². The van der Waals surface area contributed by atoms with Crippen LogP contribution in [0.2, 0.25) is 0 Å². The quantitative estimate of drug-likeness (QED) is 0.587.